The summed E-state index contributed by atoms with van der Waals surface area (Å²) in [4.78, 5) is 11.4. The Morgan fingerprint density at radius 3 is 2.44 bits per heavy atom. The van der Waals surface area contributed by atoms with Crippen LogP contribution in [-0.2, 0) is 11.3 Å². The van der Waals surface area contributed by atoms with Gasteiger partial charge in [-0.2, -0.15) is 0 Å². The van der Waals surface area contributed by atoms with E-state index in [0.717, 1.165) is 18.4 Å². The molecule has 0 unspecified atom stereocenters. The highest BCUT2D eigenvalue weighted by atomic mass is 19.1. The first kappa shape index (κ1) is 11.1. The molecular weight excluding hydrogens is 205 g/mol. The number of rotatable bonds is 3. The van der Waals surface area contributed by atoms with Crippen molar-refractivity contribution >= 4 is 5.91 Å². The van der Waals surface area contributed by atoms with Crippen LogP contribution in [0.4, 0.5) is 4.39 Å². The van der Waals surface area contributed by atoms with E-state index in [4.69, 9.17) is 0 Å². The van der Waals surface area contributed by atoms with Crippen LogP contribution in [0.15, 0.2) is 12.1 Å². The molecule has 0 aromatic heterocycles. The third-order valence-electron chi connectivity index (χ3n) is 2.91. The first-order chi connectivity index (χ1) is 7.58. The maximum Gasteiger partial charge on any atom is 0.223 e. The van der Waals surface area contributed by atoms with Gasteiger partial charge in [0, 0.05) is 12.5 Å². The Labute approximate surface area is 94.9 Å². The lowest BCUT2D eigenvalue weighted by Gasteiger charge is -2.08. The molecule has 1 saturated carbocycles. The zero-order chi connectivity index (χ0) is 11.7. The summed E-state index contributed by atoms with van der Waals surface area (Å²) in [5.41, 5.74) is 2.23. The highest BCUT2D eigenvalue weighted by molar-refractivity contribution is 5.80. The Kier molecular flexibility index (Phi) is 2.95. The molecule has 1 aromatic rings. The SMILES string of the molecule is Cc1cc(CNC(=O)C2CC2)cc(C)c1F. The van der Waals surface area contributed by atoms with Crippen LogP contribution >= 0.6 is 0 Å². The van der Waals surface area contributed by atoms with Gasteiger partial charge in [0.05, 0.1) is 0 Å². The number of halogens is 1. The van der Waals surface area contributed by atoms with Gasteiger partial charge in [-0.25, -0.2) is 4.39 Å². The minimum absolute atomic E-state index is 0.125. The van der Waals surface area contributed by atoms with Crippen molar-refractivity contribution in [1.29, 1.82) is 0 Å². The van der Waals surface area contributed by atoms with Gasteiger partial charge < -0.3 is 5.32 Å². The first-order valence-electron chi connectivity index (χ1n) is 5.61. The molecule has 0 radical (unpaired) electrons. The number of hydrogen-bond donors (Lipinski definition) is 1. The normalized spacial score (nSPS) is 14.9. The number of hydrogen-bond acceptors (Lipinski definition) is 1. The smallest absolute Gasteiger partial charge is 0.223 e. The Morgan fingerprint density at radius 1 is 1.38 bits per heavy atom. The summed E-state index contributed by atoms with van der Waals surface area (Å²) in [7, 11) is 0. The van der Waals surface area contributed by atoms with E-state index in [2.05, 4.69) is 5.32 Å². The Morgan fingerprint density at radius 2 is 1.94 bits per heavy atom. The number of benzene rings is 1. The molecule has 1 aromatic carbocycles. The van der Waals surface area contributed by atoms with Crippen LogP contribution in [0.1, 0.15) is 29.5 Å². The zero-order valence-electron chi connectivity index (χ0n) is 9.64. The topological polar surface area (TPSA) is 29.1 Å². The van der Waals surface area contributed by atoms with Gasteiger partial charge >= 0.3 is 0 Å². The molecule has 3 heteroatoms. The fourth-order valence-electron chi connectivity index (χ4n) is 1.82. The molecule has 1 amide bonds. The molecule has 0 heterocycles. The third-order valence-corrected chi connectivity index (χ3v) is 2.91. The fourth-order valence-corrected chi connectivity index (χ4v) is 1.82. The van der Waals surface area contributed by atoms with Gasteiger partial charge in [-0.3, -0.25) is 4.79 Å². The van der Waals surface area contributed by atoms with Crippen molar-refractivity contribution in [1.82, 2.24) is 5.32 Å². The molecule has 1 aliphatic carbocycles. The Bertz CT molecular complexity index is 401. The average Bonchev–Trinajstić information content (AvgIpc) is 3.05. The number of carbonyl (C=O) groups excluding carboxylic acids is 1. The average molecular weight is 221 g/mol. The molecule has 86 valence electrons. The van der Waals surface area contributed by atoms with Crippen molar-refractivity contribution in [2.75, 3.05) is 0 Å². The van der Waals surface area contributed by atoms with Gasteiger partial charge in [-0.1, -0.05) is 12.1 Å². The summed E-state index contributed by atoms with van der Waals surface area (Å²) < 4.78 is 13.4. The van der Waals surface area contributed by atoms with Gasteiger partial charge in [-0.15, -0.1) is 0 Å². The van der Waals surface area contributed by atoms with E-state index in [1.54, 1.807) is 26.0 Å². The summed E-state index contributed by atoms with van der Waals surface area (Å²) in [6.07, 6.45) is 2.01. The van der Waals surface area contributed by atoms with Crippen LogP contribution in [0.2, 0.25) is 0 Å². The Hall–Kier alpha value is -1.38. The minimum atomic E-state index is -0.155. The molecule has 0 bridgehead atoms. The lowest BCUT2D eigenvalue weighted by Crippen LogP contribution is -2.24. The standard InChI is InChI=1S/C13H16FNO/c1-8-5-10(6-9(2)12(8)14)7-15-13(16)11-3-4-11/h5-6,11H,3-4,7H2,1-2H3,(H,15,16). The second-order valence-corrected chi connectivity index (χ2v) is 4.54. The van der Waals surface area contributed by atoms with E-state index in [9.17, 15) is 9.18 Å². The van der Waals surface area contributed by atoms with Gasteiger partial charge in [0.2, 0.25) is 5.91 Å². The maximum absolute atomic E-state index is 13.4. The van der Waals surface area contributed by atoms with E-state index in [1.165, 1.54) is 0 Å². The van der Waals surface area contributed by atoms with Gasteiger partial charge in [0.25, 0.3) is 0 Å². The second-order valence-electron chi connectivity index (χ2n) is 4.54. The molecule has 0 atom stereocenters. The molecule has 0 saturated heterocycles. The highest BCUT2D eigenvalue weighted by Crippen LogP contribution is 2.28. The van der Waals surface area contributed by atoms with Crippen molar-refractivity contribution in [2.24, 2.45) is 5.92 Å². The van der Waals surface area contributed by atoms with Crippen molar-refractivity contribution in [3.8, 4) is 0 Å². The molecule has 1 fully saturated rings. The van der Waals surface area contributed by atoms with Crippen molar-refractivity contribution < 1.29 is 9.18 Å². The van der Waals surface area contributed by atoms with Crippen LogP contribution in [0.25, 0.3) is 0 Å². The van der Waals surface area contributed by atoms with Crippen LogP contribution < -0.4 is 5.32 Å². The predicted octanol–water partition coefficient (Wildman–Crippen LogP) is 2.47. The van der Waals surface area contributed by atoms with Gasteiger partial charge in [0.1, 0.15) is 5.82 Å². The van der Waals surface area contributed by atoms with E-state index in [0.29, 0.717) is 17.7 Å². The quantitative estimate of drug-likeness (QED) is 0.834. The van der Waals surface area contributed by atoms with E-state index in [-0.39, 0.29) is 17.6 Å². The van der Waals surface area contributed by atoms with Crippen LogP contribution in [0, 0.1) is 25.6 Å². The predicted molar refractivity (Wildman–Crippen MR) is 60.4 cm³/mol. The number of aryl methyl sites for hydroxylation is 2. The Balaban J connectivity index is 2.01. The molecule has 2 nitrogen and oxygen atoms in total. The maximum atomic E-state index is 13.4. The van der Waals surface area contributed by atoms with Gasteiger partial charge in [0.15, 0.2) is 0 Å². The molecule has 1 N–H and O–H groups in total. The van der Waals surface area contributed by atoms with Crippen molar-refractivity contribution in [2.45, 2.75) is 33.2 Å². The van der Waals surface area contributed by atoms with Crippen LogP contribution in [0.3, 0.4) is 0 Å². The first-order valence-corrected chi connectivity index (χ1v) is 5.61. The van der Waals surface area contributed by atoms with Crippen molar-refractivity contribution in [3.63, 3.8) is 0 Å². The number of amides is 1. The number of nitrogens with one attached hydrogen (secondary N) is 1. The molecule has 1 aliphatic rings. The monoisotopic (exact) mass is 221 g/mol. The molecule has 0 aliphatic heterocycles. The zero-order valence-corrected chi connectivity index (χ0v) is 9.64. The summed E-state index contributed by atoms with van der Waals surface area (Å²) in [5, 5.41) is 2.87. The van der Waals surface area contributed by atoms with E-state index >= 15 is 0 Å². The third kappa shape index (κ3) is 2.40. The largest absolute Gasteiger partial charge is 0.352 e. The minimum Gasteiger partial charge on any atom is -0.352 e. The molecular formula is C13H16FNO. The molecule has 2 rings (SSSR count). The fraction of sp³-hybridized carbons (Fsp3) is 0.462. The van der Waals surface area contributed by atoms with E-state index < -0.39 is 0 Å². The molecule has 0 spiro atoms. The highest BCUT2D eigenvalue weighted by Gasteiger charge is 2.29. The van der Waals surface area contributed by atoms with Crippen LogP contribution in [-0.4, -0.2) is 5.91 Å². The second kappa shape index (κ2) is 4.24. The van der Waals surface area contributed by atoms with Gasteiger partial charge in [-0.05, 0) is 43.4 Å². The summed E-state index contributed by atoms with van der Waals surface area (Å²) in [6.45, 7) is 3.99. The van der Waals surface area contributed by atoms with Crippen LogP contribution in [0.5, 0.6) is 0 Å². The number of carbonyl (C=O) groups is 1. The van der Waals surface area contributed by atoms with E-state index in [1.807, 2.05) is 0 Å². The summed E-state index contributed by atoms with van der Waals surface area (Å²) >= 11 is 0. The lowest BCUT2D eigenvalue weighted by atomic mass is 10.1. The lowest BCUT2D eigenvalue weighted by molar-refractivity contribution is -0.122. The van der Waals surface area contributed by atoms with Crippen molar-refractivity contribution in [3.05, 3.63) is 34.6 Å². The molecule has 16 heavy (non-hydrogen) atoms. The summed E-state index contributed by atoms with van der Waals surface area (Å²) in [6, 6.07) is 3.57. The summed E-state index contributed by atoms with van der Waals surface area (Å²) in [5.74, 6) is 0.194.